The monoisotopic (exact) mass is 870 g/mol. The van der Waals surface area contributed by atoms with Crippen LogP contribution < -0.4 is 30.7 Å². The number of piperazine rings is 1. The number of aromatic hydroxyl groups is 1. The standard InChI is InChI=1S/C48H55FN10O5/c49-39-9-7-34(59-35-5-6-36(59)28-56(27-35)43-25-40(52-53-46(43)50)38-3-1-2-4-44(38)60)24-42(39)55-17-11-31(12-18-55)26-54-21-15-48(16-22-54)63-29-37(30-64-48)57-19-13-32-23-33(8-10-41(32)57)58-20-14-45(61)51-47(58)62/h1-4,7-10,13,19,23-25,31,35-37,60H,5-6,11-12,14-18,20-22,26-30H2,(H2,50,53)(H,51,61,62). The Morgan fingerprint density at radius 1 is 0.797 bits per heavy atom. The summed E-state index contributed by atoms with van der Waals surface area (Å²) in [5, 5.41) is 22.4. The van der Waals surface area contributed by atoms with Gasteiger partial charge in [-0.25, -0.2) is 9.18 Å². The smallest absolute Gasteiger partial charge is 0.328 e. The summed E-state index contributed by atoms with van der Waals surface area (Å²) < 4.78 is 30.9. The van der Waals surface area contributed by atoms with E-state index in [4.69, 9.17) is 15.2 Å². The fourth-order valence-electron chi connectivity index (χ4n) is 11.2. The molecule has 6 aliphatic rings. The van der Waals surface area contributed by atoms with Gasteiger partial charge in [-0.2, -0.15) is 0 Å². The molecule has 4 N–H and O–H groups in total. The van der Waals surface area contributed by atoms with E-state index < -0.39 is 5.79 Å². The van der Waals surface area contributed by atoms with E-state index in [1.54, 1.807) is 23.1 Å². The van der Waals surface area contributed by atoms with Crippen molar-refractivity contribution in [3.63, 3.8) is 0 Å². The van der Waals surface area contributed by atoms with Crippen LogP contribution in [0.4, 0.5) is 37.8 Å². The number of aromatic nitrogens is 3. The topological polar surface area (TPSA) is 158 Å². The number of benzene rings is 3. The highest BCUT2D eigenvalue weighted by molar-refractivity contribution is 6.06. The third-order valence-electron chi connectivity index (χ3n) is 14.7. The Kier molecular flexibility index (Phi) is 10.5. The second kappa shape index (κ2) is 16.5. The number of carbonyl (C=O) groups excluding carboxylic acids is 2. The number of phenols is 1. The Morgan fingerprint density at radius 3 is 2.30 bits per heavy atom. The summed E-state index contributed by atoms with van der Waals surface area (Å²) in [6.07, 6.45) is 8.13. The first-order valence-electron chi connectivity index (χ1n) is 22.9. The van der Waals surface area contributed by atoms with Crippen molar-refractivity contribution in [3.8, 4) is 17.0 Å². The summed E-state index contributed by atoms with van der Waals surface area (Å²) in [6.45, 7) is 7.56. The summed E-state index contributed by atoms with van der Waals surface area (Å²) in [6, 6.07) is 22.9. The highest BCUT2D eigenvalue weighted by Crippen LogP contribution is 2.42. The first-order valence-corrected chi connectivity index (χ1v) is 22.9. The molecular formula is C48H55FN10O5. The van der Waals surface area contributed by atoms with Gasteiger partial charge in [0.05, 0.1) is 36.3 Å². The number of nitrogens with zero attached hydrogens (tertiary/aromatic N) is 8. The molecule has 0 radical (unpaired) electrons. The van der Waals surface area contributed by atoms with Crippen LogP contribution in [0.5, 0.6) is 5.75 Å². The number of carbonyl (C=O) groups is 2. The molecule has 11 rings (SSSR count). The lowest BCUT2D eigenvalue weighted by molar-refractivity contribution is -0.295. The highest BCUT2D eigenvalue weighted by atomic mass is 19.1. The number of urea groups is 1. The molecule has 15 nitrogen and oxygen atoms in total. The zero-order valence-electron chi connectivity index (χ0n) is 35.9. The number of halogens is 1. The van der Waals surface area contributed by atoms with Gasteiger partial charge in [0, 0.05) is 118 Å². The van der Waals surface area contributed by atoms with E-state index in [0.717, 1.165) is 112 Å². The van der Waals surface area contributed by atoms with Gasteiger partial charge in [-0.05, 0) is 92.3 Å². The molecule has 2 aromatic heterocycles. The molecule has 3 amide bonds. The number of anilines is 5. The van der Waals surface area contributed by atoms with Gasteiger partial charge < -0.3 is 44.5 Å². The number of piperidine rings is 2. The van der Waals surface area contributed by atoms with Crippen LogP contribution in [0.25, 0.3) is 22.2 Å². The molecule has 6 fully saturated rings. The zero-order chi connectivity index (χ0) is 43.5. The lowest BCUT2D eigenvalue weighted by Crippen LogP contribution is -2.54. The minimum absolute atomic E-state index is 0.0426. The van der Waals surface area contributed by atoms with Crippen LogP contribution in [0.1, 0.15) is 51.0 Å². The number of hydrogen-bond donors (Lipinski definition) is 3. The van der Waals surface area contributed by atoms with Crippen molar-refractivity contribution in [2.45, 2.75) is 68.9 Å². The quantitative estimate of drug-likeness (QED) is 0.164. The third kappa shape index (κ3) is 7.64. The molecule has 0 saturated carbocycles. The van der Waals surface area contributed by atoms with E-state index in [1.807, 2.05) is 42.5 Å². The number of imide groups is 1. The minimum atomic E-state index is -0.555. The predicted molar refractivity (Wildman–Crippen MR) is 243 cm³/mol. The summed E-state index contributed by atoms with van der Waals surface area (Å²) >= 11 is 0. The number of amides is 3. The van der Waals surface area contributed by atoms with Gasteiger partial charge in [-0.3, -0.25) is 15.0 Å². The SMILES string of the molecule is Nc1nnc(-c2ccccc2O)cc1N1CC2CCC(C1)N2c1ccc(F)c(N2CCC(CN3CCC4(CC3)OCC(n3ccc5cc(N6CCC(=O)NC6=O)ccc53)CO4)CC2)c1. The second-order valence-corrected chi connectivity index (χ2v) is 18.5. The maximum absolute atomic E-state index is 15.6. The molecule has 6 aliphatic heterocycles. The van der Waals surface area contributed by atoms with E-state index in [0.29, 0.717) is 48.4 Å². The molecule has 16 heteroatoms. The molecule has 8 heterocycles. The number of nitrogens with two attached hydrogens (primary N) is 1. The fourth-order valence-corrected chi connectivity index (χ4v) is 11.2. The minimum Gasteiger partial charge on any atom is -0.507 e. The van der Waals surface area contributed by atoms with E-state index in [2.05, 4.69) is 58.0 Å². The number of ether oxygens (including phenoxy) is 2. The summed E-state index contributed by atoms with van der Waals surface area (Å²) in [5.41, 5.74) is 12.0. The summed E-state index contributed by atoms with van der Waals surface area (Å²) in [5.74, 6) is 0.111. The molecule has 64 heavy (non-hydrogen) atoms. The maximum Gasteiger partial charge on any atom is 0.328 e. The van der Waals surface area contributed by atoms with Gasteiger partial charge >= 0.3 is 6.03 Å². The molecule has 5 aromatic rings. The summed E-state index contributed by atoms with van der Waals surface area (Å²) in [7, 11) is 0. The Bertz CT molecular complexity index is 2550. The Balaban J connectivity index is 0.664. The molecule has 1 spiro atoms. The number of phenolic OH excluding ortho intramolecular Hbond substituents is 1. The first-order chi connectivity index (χ1) is 31.2. The van der Waals surface area contributed by atoms with E-state index in [1.165, 1.54) is 0 Å². The van der Waals surface area contributed by atoms with Gasteiger partial charge in [0.15, 0.2) is 11.6 Å². The fraction of sp³-hybridized carbons (Fsp3) is 0.458. The van der Waals surface area contributed by atoms with E-state index >= 15 is 4.39 Å². The van der Waals surface area contributed by atoms with Gasteiger partial charge in [-0.15, -0.1) is 10.2 Å². The average molecular weight is 871 g/mol. The number of nitrogen functional groups attached to an aromatic ring is 1. The Hall–Kier alpha value is -5.97. The van der Waals surface area contributed by atoms with Crippen LogP contribution in [0.2, 0.25) is 0 Å². The predicted octanol–water partition coefficient (Wildman–Crippen LogP) is 6.13. The molecular weight excluding hydrogens is 816 g/mol. The van der Waals surface area contributed by atoms with Crippen LogP contribution in [0.3, 0.4) is 0 Å². The molecule has 2 atom stereocenters. The number of nitrogens with one attached hydrogen (secondary N) is 1. The van der Waals surface area contributed by atoms with Crippen LogP contribution in [0.15, 0.2) is 79.0 Å². The molecule has 2 unspecified atom stereocenters. The zero-order valence-corrected chi connectivity index (χ0v) is 35.9. The largest absolute Gasteiger partial charge is 0.507 e. The lowest BCUT2D eigenvalue weighted by atomic mass is 9.94. The van der Waals surface area contributed by atoms with E-state index in [9.17, 15) is 14.7 Å². The number of rotatable bonds is 8. The molecule has 3 aromatic carbocycles. The molecule has 0 aliphatic carbocycles. The van der Waals surface area contributed by atoms with Crippen LogP contribution in [0, 0.1) is 11.7 Å². The number of hydrogen-bond acceptors (Lipinski definition) is 12. The van der Waals surface area contributed by atoms with Crippen LogP contribution >= 0.6 is 0 Å². The average Bonchev–Trinajstić information content (AvgIpc) is 3.85. The molecule has 334 valence electrons. The molecule has 6 saturated heterocycles. The van der Waals surface area contributed by atoms with E-state index in [-0.39, 0.29) is 48.1 Å². The first kappa shape index (κ1) is 40.8. The van der Waals surface area contributed by atoms with Crippen molar-refractivity contribution in [2.75, 3.05) is 90.9 Å². The Morgan fingerprint density at radius 2 is 1.55 bits per heavy atom. The number of fused-ring (bicyclic) bond motifs is 3. The van der Waals surface area contributed by atoms with Gasteiger partial charge in [-0.1, -0.05) is 12.1 Å². The maximum atomic E-state index is 15.6. The van der Waals surface area contributed by atoms with Crippen molar-refractivity contribution < 1.29 is 28.6 Å². The van der Waals surface area contributed by atoms with Crippen molar-refractivity contribution in [1.82, 2.24) is 25.0 Å². The third-order valence-corrected chi connectivity index (χ3v) is 14.7. The molecule has 2 bridgehead atoms. The van der Waals surface area contributed by atoms with Crippen molar-refractivity contribution in [3.05, 3.63) is 84.8 Å². The van der Waals surface area contributed by atoms with Crippen molar-refractivity contribution in [2.24, 2.45) is 5.92 Å². The second-order valence-electron chi connectivity index (χ2n) is 18.5. The number of para-hydroxylation sites is 1. The normalized spacial score (nSPS) is 23.4. The highest BCUT2D eigenvalue weighted by Gasteiger charge is 2.43. The van der Waals surface area contributed by atoms with Crippen LogP contribution in [-0.2, 0) is 14.3 Å². The number of likely N-dealkylation sites (tertiary alicyclic amines) is 1. The summed E-state index contributed by atoms with van der Waals surface area (Å²) in [4.78, 5) is 35.2. The van der Waals surface area contributed by atoms with Gasteiger partial charge in [0.1, 0.15) is 11.6 Å². The lowest BCUT2D eigenvalue weighted by Gasteiger charge is -2.46. The van der Waals surface area contributed by atoms with Crippen molar-refractivity contribution >= 4 is 51.4 Å². The van der Waals surface area contributed by atoms with Gasteiger partial charge in [0.25, 0.3) is 0 Å². The van der Waals surface area contributed by atoms with Crippen molar-refractivity contribution in [1.29, 1.82) is 0 Å². The van der Waals surface area contributed by atoms with Gasteiger partial charge in [0.2, 0.25) is 5.91 Å². The Labute approximate surface area is 371 Å². The van der Waals surface area contributed by atoms with Crippen LogP contribution in [-0.4, -0.2) is 120 Å².